The van der Waals surface area contributed by atoms with E-state index in [-0.39, 0.29) is 11.9 Å². The van der Waals surface area contributed by atoms with Crippen LogP contribution < -0.4 is 5.32 Å². The Morgan fingerprint density at radius 2 is 1.69 bits per heavy atom. The van der Waals surface area contributed by atoms with Gasteiger partial charge in [-0.25, -0.2) is 8.42 Å². The molecule has 1 fully saturated rings. The number of sulfonamides is 1. The first kappa shape index (κ1) is 20.9. The fourth-order valence-corrected chi connectivity index (χ4v) is 4.33. The second kappa shape index (κ2) is 8.50. The summed E-state index contributed by atoms with van der Waals surface area (Å²) in [4.78, 5) is 14.5. The zero-order valence-electron chi connectivity index (χ0n) is 16.4. The van der Waals surface area contributed by atoms with Crippen LogP contribution in [0.2, 0.25) is 0 Å². The fraction of sp³-hybridized carbons (Fsp3) is 0.632. The Balaban J connectivity index is 1.93. The minimum atomic E-state index is -3.48. The van der Waals surface area contributed by atoms with Gasteiger partial charge in [0.15, 0.2) is 0 Å². The number of nitrogens with zero attached hydrogens (tertiary/aromatic N) is 2. The number of hydrogen-bond acceptors (Lipinski definition) is 4. The molecule has 0 aliphatic carbocycles. The number of aryl methyl sites for hydroxylation is 2. The number of hydrogen-bond donors (Lipinski definition) is 1. The Kier molecular flexibility index (Phi) is 6.82. The van der Waals surface area contributed by atoms with E-state index in [0.29, 0.717) is 43.5 Å². The van der Waals surface area contributed by atoms with Crippen molar-refractivity contribution in [3.05, 3.63) is 29.3 Å². The molecule has 0 spiro atoms. The minimum Gasteiger partial charge on any atom is -0.352 e. The normalized spacial score (nSPS) is 18.1. The first-order chi connectivity index (χ1) is 12.1. The molecule has 26 heavy (non-hydrogen) atoms. The third-order valence-corrected chi connectivity index (χ3v) is 7.10. The van der Waals surface area contributed by atoms with Crippen LogP contribution in [0.1, 0.15) is 31.9 Å². The van der Waals surface area contributed by atoms with E-state index in [2.05, 4.69) is 19.2 Å². The van der Waals surface area contributed by atoms with E-state index in [4.69, 9.17) is 0 Å². The predicted molar refractivity (Wildman–Crippen MR) is 104 cm³/mol. The maximum atomic E-state index is 12.8. The Morgan fingerprint density at radius 3 is 2.23 bits per heavy atom. The van der Waals surface area contributed by atoms with Crippen LogP contribution in [0.3, 0.4) is 0 Å². The van der Waals surface area contributed by atoms with Crippen LogP contribution in [-0.2, 0) is 14.8 Å². The molecule has 146 valence electrons. The first-order valence-electron chi connectivity index (χ1n) is 9.20. The molecule has 1 aliphatic rings. The van der Waals surface area contributed by atoms with Gasteiger partial charge >= 0.3 is 0 Å². The summed E-state index contributed by atoms with van der Waals surface area (Å²) in [6.45, 7) is 12.3. The molecule has 1 aromatic rings. The summed E-state index contributed by atoms with van der Waals surface area (Å²) in [5.74, 6) is 0.385. The maximum Gasteiger partial charge on any atom is 0.243 e. The van der Waals surface area contributed by atoms with E-state index in [1.54, 1.807) is 12.1 Å². The van der Waals surface area contributed by atoms with Crippen LogP contribution in [0.25, 0.3) is 0 Å². The molecule has 1 saturated heterocycles. The van der Waals surface area contributed by atoms with Crippen LogP contribution in [0.4, 0.5) is 0 Å². The van der Waals surface area contributed by atoms with E-state index in [1.165, 1.54) is 4.31 Å². The van der Waals surface area contributed by atoms with Gasteiger partial charge in [-0.15, -0.1) is 0 Å². The fourth-order valence-electron chi connectivity index (χ4n) is 2.82. The van der Waals surface area contributed by atoms with Crippen molar-refractivity contribution < 1.29 is 13.2 Å². The van der Waals surface area contributed by atoms with Gasteiger partial charge in [0.2, 0.25) is 15.9 Å². The topological polar surface area (TPSA) is 69.7 Å². The van der Waals surface area contributed by atoms with Crippen molar-refractivity contribution in [2.75, 3.05) is 32.7 Å². The maximum absolute atomic E-state index is 12.8. The zero-order chi connectivity index (χ0) is 19.5. The van der Waals surface area contributed by atoms with Gasteiger partial charge in [0.25, 0.3) is 0 Å². The van der Waals surface area contributed by atoms with Crippen molar-refractivity contribution in [3.63, 3.8) is 0 Å². The van der Waals surface area contributed by atoms with E-state index >= 15 is 0 Å². The number of rotatable bonds is 6. The Labute approximate surface area is 157 Å². The SMILES string of the molecule is Cc1ccc(S(=O)(=O)N2CCN(CC(=O)N[C@H](C)C(C)C)CC2)cc1C. The molecule has 0 saturated carbocycles. The Morgan fingerprint density at radius 1 is 1.08 bits per heavy atom. The monoisotopic (exact) mass is 381 g/mol. The van der Waals surface area contributed by atoms with Gasteiger partial charge in [0.1, 0.15) is 0 Å². The standard InChI is InChI=1S/C19H31N3O3S/c1-14(2)17(5)20-19(23)13-21-8-10-22(11-9-21)26(24,25)18-7-6-15(3)16(4)12-18/h6-7,12,14,17H,8-11,13H2,1-5H3,(H,20,23)/t17-/m1/s1. The summed E-state index contributed by atoms with van der Waals surface area (Å²) in [5.41, 5.74) is 2.05. The molecule has 1 heterocycles. The number of amides is 1. The van der Waals surface area contributed by atoms with Crippen molar-refractivity contribution in [2.45, 2.75) is 45.6 Å². The lowest BCUT2D eigenvalue weighted by Gasteiger charge is -2.34. The van der Waals surface area contributed by atoms with Gasteiger partial charge in [-0.2, -0.15) is 4.31 Å². The van der Waals surface area contributed by atoms with Crippen LogP contribution >= 0.6 is 0 Å². The molecule has 6 nitrogen and oxygen atoms in total. The van der Waals surface area contributed by atoms with Crippen molar-refractivity contribution in [3.8, 4) is 0 Å². The number of carbonyl (C=O) groups is 1. The molecule has 2 rings (SSSR count). The molecule has 0 radical (unpaired) electrons. The highest BCUT2D eigenvalue weighted by Crippen LogP contribution is 2.20. The molecule has 0 aromatic heterocycles. The first-order valence-corrected chi connectivity index (χ1v) is 10.6. The zero-order valence-corrected chi connectivity index (χ0v) is 17.3. The molecular weight excluding hydrogens is 350 g/mol. The van der Waals surface area contributed by atoms with Crippen molar-refractivity contribution in [1.29, 1.82) is 0 Å². The van der Waals surface area contributed by atoms with Gasteiger partial charge in [-0.3, -0.25) is 9.69 Å². The lowest BCUT2D eigenvalue weighted by atomic mass is 10.1. The summed E-state index contributed by atoms with van der Waals surface area (Å²) in [5, 5.41) is 2.99. The largest absolute Gasteiger partial charge is 0.352 e. The average Bonchev–Trinajstić information content (AvgIpc) is 2.57. The molecule has 7 heteroatoms. The van der Waals surface area contributed by atoms with Gasteiger partial charge in [-0.05, 0) is 49.9 Å². The lowest BCUT2D eigenvalue weighted by Crippen LogP contribution is -2.51. The minimum absolute atomic E-state index is 0.00309. The van der Waals surface area contributed by atoms with E-state index < -0.39 is 10.0 Å². The van der Waals surface area contributed by atoms with Crippen molar-refractivity contribution in [2.24, 2.45) is 5.92 Å². The molecule has 1 aliphatic heterocycles. The molecule has 0 unspecified atom stereocenters. The van der Waals surface area contributed by atoms with E-state index in [0.717, 1.165) is 11.1 Å². The lowest BCUT2D eigenvalue weighted by molar-refractivity contribution is -0.123. The quantitative estimate of drug-likeness (QED) is 0.815. The second-order valence-corrected chi connectivity index (χ2v) is 9.46. The molecule has 1 N–H and O–H groups in total. The van der Waals surface area contributed by atoms with Gasteiger partial charge in [0, 0.05) is 32.2 Å². The van der Waals surface area contributed by atoms with Gasteiger partial charge < -0.3 is 5.32 Å². The van der Waals surface area contributed by atoms with Crippen molar-refractivity contribution in [1.82, 2.24) is 14.5 Å². The smallest absolute Gasteiger partial charge is 0.243 e. The van der Waals surface area contributed by atoms with Crippen LogP contribution in [0.15, 0.2) is 23.1 Å². The molecule has 1 amide bonds. The third kappa shape index (κ3) is 5.05. The van der Waals surface area contributed by atoms with E-state index in [1.807, 2.05) is 31.7 Å². The highest BCUT2D eigenvalue weighted by atomic mass is 32.2. The molecule has 1 atom stereocenters. The van der Waals surface area contributed by atoms with Gasteiger partial charge in [-0.1, -0.05) is 19.9 Å². The van der Waals surface area contributed by atoms with Crippen LogP contribution in [-0.4, -0.2) is 62.3 Å². The summed E-state index contributed by atoms with van der Waals surface area (Å²) in [6.07, 6.45) is 0. The number of piperazine rings is 1. The van der Waals surface area contributed by atoms with Crippen molar-refractivity contribution >= 4 is 15.9 Å². The third-order valence-electron chi connectivity index (χ3n) is 5.20. The van der Waals surface area contributed by atoms with Gasteiger partial charge in [0.05, 0.1) is 11.4 Å². The summed E-state index contributed by atoms with van der Waals surface area (Å²) < 4.78 is 27.2. The summed E-state index contributed by atoms with van der Waals surface area (Å²) in [7, 11) is -3.48. The molecule has 1 aromatic carbocycles. The number of benzene rings is 1. The highest BCUT2D eigenvalue weighted by Gasteiger charge is 2.29. The second-order valence-electron chi connectivity index (χ2n) is 7.53. The average molecular weight is 382 g/mol. The number of nitrogens with one attached hydrogen (secondary N) is 1. The summed E-state index contributed by atoms with van der Waals surface area (Å²) in [6, 6.07) is 5.38. The highest BCUT2D eigenvalue weighted by molar-refractivity contribution is 7.89. The summed E-state index contributed by atoms with van der Waals surface area (Å²) >= 11 is 0. The van der Waals surface area contributed by atoms with Crippen LogP contribution in [0, 0.1) is 19.8 Å². The Hall–Kier alpha value is -1.44. The van der Waals surface area contributed by atoms with E-state index in [9.17, 15) is 13.2 Å². The van der Waals surface area contributed by atoms with Crippen LogP contribution in [0.5, 0.6) is 0 Å². The predicted octanol–water partition coefficient (Wildman–Crippen LogP) is 1.77. The molecule has 0 bridgehead atoms. The molecular formula is C19H31N3O3S. The number of carbonyl (C=O) groups excluding carboxylic acids is 1. The Bertz CT molecular complexity index is 738.